The summed E-state index contributed by atoms with van der Waals surface area (Å²) in [5, 5.41) is 3.38. The maximum absolute atomic E-state index is 11.3. The maximum Gasteiger partial charge on any atom is 0.337 e. The first-order chi connectivity index (χ1) is 9.29. The molecule has 1 heterocycles. The molecule has 2 rings (SSSR count). The van der Waals surface area contributed by atoms with E-state index in [1.54, 1.807) is 12.1 Å². The zero-order valence-corrected chi connectivity index (χ0v) is 11.4. The number of piperidine rings is 1. The summed E-state index contributed by atoms with van der Waals surface area (Å²) in [6.45, 7) is 2.29. The Morgan fingerprint density at radius 3 is 2.63 bits per heavy atom. The van der Waals surface area contributed by atoms with Crippen LogP contribution < -0.4 is 5.32 Å². The molecule has 102 valence electrons. The zero-order chi connectivity index (χ0) is 13.5. The van der Waals surface area contributed by atoms with Crippen molar-refractivity contribution in [1.29, 1.82) is 0 Å². The minimum atomic E-state index is -0.287. The number of hydrogen-bond acceptors (Lipinski definition) is 3. The third kappa shape index (κ3) is 4.21. The number of methoxy groups -OCH3 is 1. The van der Waals surface area contributed by atoms with Gasteiger partial charge in [0.1, 0.15) is 0 Å². The number of rotatable bonds is 4. The normalized spacial score (nSPS) is 16.7. The van der Waals surface area contributed by atoms with Crippen LogP contribution in [0.15, 0.2) is 30.3 Å². The number of carbonyl (C=O) groups is 1. The van der Waals surface area contributed by atoms with E-state index >= 15 is 0 Å². The lowest BCUT2D eigenvalue weighted by atomic mass is 9.94. The van der Waals surface area contributed by atoms with Crippen LogP contribution in [0, 0.1) is 5.92 Å². The summed E-state index contributed by atoms with van der Waals surface area (Å²) in [6.07, 6.45) is 8.05. The molecule has 0 saturated carbocycles. The summed E-state index contributed by atoms with van der Waals surface area (Å²) in [5.74, 6) is 0.525. The van der Waals surface area contributed by atoms with Crippen molar-refractivity contribution in [3.05, 3.63) is 41.5 Å². The van der Waals surface area contributed by atoms with Crippen molar-refractivity contribution in [3.63, 3.8) is 0 Å². The number of esters is 1. The smallest absolute Gasteiger partial charge is 0.337 e. The molecule has 0 unspecified atom stereocenters. The van der Waals surface area contributed by atoms with Crippen LogP contribution in [0.2, 0.25) is 0 Å². The van der Waals surface area contributed by atoms with Crippen molar-refractivity contribution < 1.29 is 9.53 Å². The van der Waals surface area contributed by atoms with Gasteiger partial charge >= 0.3 is 5.97 Å². The lowest BCUT2D eigenvalue weighted by Gasteiger charge is -2.20. The minimum absolute atomic E-state index is 0.287. The first-order valence-corrected chi connectivity index (χ1v) is 6.85. The van der Waals surface area contributed by atoms with Gasteiger partial charge in [-0.15, -0.1) is 0 Å². The van der Waals surface area contributed by atoms with Gasteiger partial charge in [-0.2, -0.15) is 0 Å². The van der Waals surface area contributed by atoms with Crippen LogP contribution in [-0.2, 0) is 4.74 Å². The van der Waals surface area contributed by atoms with Crippen molar-refractivity contribution in [3.8, 4) is 0 Å². The third-order valence-corrected chi connectivity index (χ3v) is 3.57. The molecule has 3 nitrogen and oxygen atoms in total. The maximum atomic E-state index is 11.3. The highest BCUT2D eigenvalue weighted by molar-refractivity contribution is 5.89. The van der Waals surface area contributed by atoms with E-state index in [0.29, 0.717) is 5.56 Å². The Morgan fingerprint density at radius 2 is 2.00 bits per heavy atom. The van der Waals surface area contributed by atoms with Crippen molar-refractivity contribution >= 4 is 12.0 Å². The van der Waals surface area contributed by atoms with Gasteiger partial charge in [0.15, 0.2) is 0 Å². The van der Waals surface area contributed by atoms with Crippen LogP contribution in [-0.4, -0.2) is 26.2 Å². The van der Waals surface area contributed by atoms with Crippen molar-refractivity contribution in [1.82, 2.24) is 5.32 Å². The molecule has 19 heavy (non-hydrogen) atoms. The van der Waals surface area contributed by atoms with E-state index in [1.807, 2.05) is 12.1 Å². The number of hydrogen-bond donors (Lipinski definition) is 1. The van der Waals surface area contributed by atoms with Gasteiger partial charge in [0, 0.05) is 0 Å². The molecule has 1 aliphatic heterocycles. The number of benzene rings is 1. The average Bonchev–Trinajstić information content (AvgIpc) is 2.48. The number of nitrogens with one attached hydrogen (secondary N) is 1. The molecule has 0 aromatic heterocycles. The average molecular weight is 259 g/mol. The molecule has 1 fully saturated rings. The van der Waals surface area contributed by atoms with E-state index in [1.165, 1.54) is 20.0 Å². The van der Waals surface area contributed by atoms with Crippen molar-refractivity contribution in [2.45, 2.75) is 19.3 Å². The first-order valence-electron chi connectivity index (χ1n) is 6.85. The zero-order valence-electron chi connectivity index (χ0n) is 11.4. The second-order valence-corrected chi connectivity index (χ2v) is 4.95. The van der Waals surface area contributed by atoms with Crippen LogP contribution in [0.25, 0.3) is 6.08 Å². The van der Waals surface area contributed by atoms with Crippen LogP contribution in [0.3, 0.4) is 0 Å². The van der Waals surface area contributed by atoms with E-state index in [4.69, 9.17) is 0 Å². The van der Waals surface area contributed by atoms with Crippen molar-refractivity contribution in [2.24, 2.45) is 5.92 Å². The highest BCUT2D eigenvalue weighted by atomic mass is 16.5. The van der Waals surface area contributed by atoms with E-state index in [2.05, 4.69) is 22.2 Å². The van der Waals surface area contributed by atoms with Crippen LogP contribution in [0.5, 0.6) is 0 Å². The molecular weight excluding hydrogens is 238 g/mol. The number of carbonyl (C=O) groups excluding carboxylic acids is 1. The van der Waals surface area contributed by atoms with Crippen LogP contribution >= 0.6 is 0 Å². The van der Waals surface area contributed by atoms with E-state index in [-0.39, 0.29) is 5.97 Å². The molecule has 1 N–H and O–H groups in total. The van der Waals surface area contributed by atoms with Gasteiger partial charge in [-0.05, 0) is 56.0 Å². The fourth-order valence-corrected chi connectivity index (χ4v) is 2.36. The Bertz CT molecular complexity index is 431. The monoisotopic (exact) mass is 259 g/mol. The number of ether oxygens (including phenoxy) is 1. The Balaban J connectivity index is 1.86. The molecule has 0 aliphatic carbocycles. The Kier molecular flexibility index (Phi) is 5.16. The van der Waals surface area contributed by atoms with Gasteiger partial charge in [0.2, 0.25) is 0 Å². The molecule has 0 spiro atoms. The topological polar surface area (TPSA) is 38.3 Å². The highest BCUT2D eigenvalue weighted by Crippen LogP contribution is 2.17. The number of allylic oxidation sites excluding steroid dienone is 1. The molecule has 1 saturated heterocycles. The molecule has 3 heteroatoms. The Hall–Kier alpha value is -1.61. The van der Waals surface area contributed by atoms with E-state index < -0.39 is 0 Å². The van der Waals surface area contributed by atoms with E-state index in [9.17, 15) is 4.79 Å². The quantitative estimate of drug-likeness (QED) is 0.845. The van der Waals surface area contributed by atoms with Gasteiger partial charge < -0.3 is 10.1 Å². The second kappa shape index (κ2) is 7.10. The Labute approximate surface area is 114 Å². The predicted molar refractivity (Wildman–Crippen MR) is 77.0 cm³/mol. The van der Waals surface area contributed by atoms with Crippen LogP contribution in [0.1, 0.15) is 35.2 Å². The minimum Gasteiger partial charge on any atom is -0.465 e. The standard InChI is InChI=1S/C16H21NO2/c1-19-16(18)15-7-5-13(6-8-15)3-2-4-14-9-11-17-12-10-14/h2-3,5-8,14,17H,4,9-12H2,1H3. The van der Waals surface area contributed by atoms with E-state index in [0.717, 1.165) is 31.0 Å². The summed E-state index contributed by atoms with van der Waals surface area (Å²) in [6, 6.07) is 7.50. The molecule has 1 aromatic carbocycles. The van der Waals surface area contributed by atoms with Gasteiger partial charge in [-0.1, -0.05) is 24.3 Å². The molecule has 1 aromatic rings. The molecule has 0 atom stereocenters. The Morgan fingerprint density at radius 1 is 1.32 bits per heavy atom. The van der Waals surface area contributed by atoms with Gasteiger partial charge in [0.05, 0.1) is 12.7 Å². The summed E-state index contributed by atoms with van der Waals surface area (Å²) in [5.41, 5.74) is 1.72. The van der Waals surface area contributed by atoms with Gasteiger partial charge in [-0.25, -0.2) is 4.79 Å². The summed E-state index contributed by atoms with van der Waals surface area (Å²) >= 11 is 0. The van der Waals surface area contributed by atoms with Gasteiger partial charge in [0.25, 0.3) is 0 Å². The highest BCUT2D eigenvalue weighted by Gasteiger charge is 2.10. The lowest BCUT2D eigenvalue weighted by molar-refractivity contribution is 0.0601. The first kappa shape index (κ1) is 13.8. The SMILES string of the molecule is COC(=O)c1ccc(C=CCC2CCNCC2)cc1. The molecule has 1 aliphatic rings. The summed E-state index contributed by atoms with van der Waals surface area (Å²) in [7, 11) is 1.40. The van der Waals surface area contributed by atoms with Crippen molar-refractivity contribution in [2.75, 3.05) is 20.2 Å². The summed E-state index contributed by atoms with van der Waals surface area (Å²) < 4.78 is 4.67. The summed E-state index contributed by atoms with van der Waals surface area (Å²) in [4.78, 5) is 11.3. The molecule has 0 bridgehead atoms. The molecule has 0 amide bonds. The second-order valence-electron chi connectivity index (χ2n) is 4.95. The fourth-order valence-electron chi connectivity index (χ4n) is 2.36. The largest absolute Gasteiger partial charge is 0.465 e. The van der Waals surface area contributed by atoms with Crippen LogP contribution in [0.4, 0.5) is 0 Å². The molecule has 0 radical (unpaired) electrons. The fraction of sp³-hybridized carbons (Fsp3) is 0.438. The molecular formula is C16H21NO2. The lowest BCUT2D eigenvalue weighted by Crippen LogP contribution is -2.27. The third-order valence-electron chi connectivity index (χ3n) is 3.57. The predicted octanol–water partition coefficient (Wildman–Crippen LogP) is 2.88. The van der Waals surface area contributed by atoms with Gasteiger partial charge in [-0.3, -0.25) is 0 Å².